The number of nitrogens with zero attached hydrogens (tertiary/aromatic N) is 2. The normalized spacial score (nSPS) is 12.9. The zero-order valence-electron chi connectivity index (χ0n) is 29.6. The van der Waals surface area contributed by atoms with Gasteiger partial charge in [0, 0.05) is 19.5 Å². The molecular weight excluding hydrogens is 622 g/mol. The number of imide groups is 1. The lowest BCUT2D eigenvalue weighted by molar-refractivity contribution is -0.138. The van der Waals surface area contributed by atoms with Gasteiger partial charge in [-0.2, -0.15) is 0 Å². The van der Waals surface area contributed by atoms with Crippen molar-refractivity contribution in [3.63, 3.8) is 0 Å². The van der Waals surface area contributed by atoms with E-state index in [-0.39, 0.29) is 43.3 Å². The first-order chi connectivity index (χ1) is 23.4. The minimum absolute atomic E-state index is 0.00590. The molecule has 0 aliphatic rings. The fourth-order valence-electron chi connectivity index (χ4n) is 5.34. The molecule has 2 rings (SSSR count). The molecule has 12 nitrogen and oxygen atoms in total. The van der Waals surface area contributed by atoms with Gasteiger partial charge in [0.2, 0.25) is 11.8 Å². The Morgan fingerprint density at radius 3 is 2.08 bits per heavy atom. The number of carbonyl (C=O) groups is 4. The molecule has 0 spiro atoms. The summed E-state index contributed by atoms with van der Waals surface area (Å²) in [7, 11) is 0. The maximum absolute atomic E-state index is 14.3. The van der Waals surface area contributed by atoms with E-state index in [1.807, 2.05) is 76.2 Å². The molecule has 0 radical (unpaired) electrons. The minimum atomic E-state index is -1.05. The lowest BCUT2D eigenvalue weighted by Gasteiger charge is -2.35. The van der Waals surface area contributed by atoms with Crippen molar-refractivity contribution in [3.8, 4) is 0 Å². The Kier molecular flexibility index (Phi) is 18.5. The van der Waals surface area contributed by atoms with Crippen molar-refractivity contribution >= 4 is 29.8 Å². The molecule has 3 atom stereocenters. The van der Waals surface area contributed by atoms with Crippen LogP contribution in [0.3, 0.4) is 0 Å². The van der Waals surface area contributed by atoms with Crippen LogP contribution in [0.5, 0.6) is 0 Å². The van der Waals surface area contributed by atoms with E-state index in [9.17, 15) is 19.2 Å². The zero-order valence-corrected chi connectivity index (χ0v) is 29.6. The Balaban J connectivity index is 2.17. The number of nitrogens with one attached hydrogen (secondary N) is 2. The quantitative estimate of drug-likeness (QED) is 0.0741. The van der Waals surface area contributed by atoms with Gasteiger partial charge >= 0.3 is 6.09 Å². The number of amides is 4. The summed E-state index contributed by atoms with van der Waals surface area (Å²) in [4.78, 5) is 59.1. The highest BCUT2D eigenvalue weighted by Gasteiger charge is 2.38. The van der Waals surface area contributed by atoms with Crippen molar-refractivity contribution < 1.29 is 23.9 Å². The predicted octanol–water partition coefficient (Wildman–Crippen LogP) is 4.01. The molecule has 0 saturated carbocycles. The van der Waals surface area contributed by atoms with Crippen LogP contribution >= 0.6 is 0 Å². The number of guanidine groups is 1. The first-order valence-corrected chi connectivity index (χ1v) is 17.3. The minimum Gasteiger partial charge on any atom is -0.444 e. The smallest absolute Gasteiger partial charge is 0.417 e. The molecule has 49 heavy (non-hydrogen) atoms. The third-order valence-corrected chi connectivity index (χ3v) is 8.09. The number of aryl methyl sites for hydroxylation is 1. The maximum Gasteiger partial charge on any atom is 0.417 e. The third kappa shape index (κ3) is 16.0. The molecule has 2 aromatic rings. The second-order valence-corrected chi connectivity index (χ2v) is 13.2. The number of ether oxygens (including phenoxy) is 1. The van der Waals surface area contributed by atoms with E-state index in [0.29, 0.717) is 25.8 Å². The van der Waals surface area contributed by atoms with E-state index in [1.54, 1.807) is 0 Å². The maximum atomic E-state index is 14.3. The van der Waals surface area contributed by atoms with E-state index in [2.05, 4.69) is 27.8 Å². The van der Waals surface area contributed by atoms with Crippen molar-refractivity contribution in [2.75, 3.05) is 13.1 Å². The average molecular weight is 680 g/mol. The van der Waals surface area contributed by atoms with Crippen LogP contribution in [0.1, 0.15) is 83.8 Å². The summed E-state index contributed by atoms with van der Waals surface area (Å²) < 4.78 is 5.65. The van der Waals surface area contributed by atoms with Crippen molar-refractivity contribution in [3.05, 3.63) is 71.8 Å². The van der Waals surface area contributed by atoms with Gasteiger partial charge in [0.15, 0.2) is 5.96 Å². The van der Waals surface area contributed by atoms with Crippen LogP contribution in [0.2, 0.25) is 0 Å². The highest BCUT2D eigenvalue weighted by atomic mass is 16.6. The molecule has 12 heteroatoms. The van der Waals surface area contributed by atoms with Gasteiger partial charge in [-0.25, -0.2) is 9.69 Å². The van der Waals surface area contributed by atoms with E-state index >= 15 is 0 Å². The molecule has 270 valence electrons. The second-order valence-electron chi connectivity index (χ2n) is 13.2. The Morgan fingerprint density at radius 1 is 0.857 bits per heavy atom. The molecule has 0 saturated heterocycles. The van der Waals surface area contributed by atoms with Crippen molar-refractivity contribution in [2.45, 2.75) is 104 Å². The van der Waals surface area contributed by atoms with E-state index in [4.69, 9.17) is 21.9 Å². The molecule has 0 aliphatic heterocycles. The molecule has 0 aliphatic carbocycles. The Morgan fingerprint density at radius 2 is 1.49 bits per heavy atom. The number of benzene rings is 2. The summed E-state index contributed by atoms with van der Waals surface area (Å²) in [5, 5.41) is 5.72. The number of rotatable bonds is 21. The monoisotopic (exact) mass is 679 g/mol. The van der Waals surface area contributed by atoms with Gasteiger partial charge in [-0.15, -0.1) is 0 Å². The Bertz CT molecular complexity index is 1320. The number of hydrogen-bond donors (Lipinski definition) is 5. The van der Waals surface area contributed by atoms with Gasteiger partial charge in [0.25, 0.3) is 5.91 Å². The standard InChI is InChI=1S/C37H57N7O5/c1-26(2)23-31(43-34(46)30(38)20-14-22-41-36(39)40)35(47)44(37(48)49-25-29-18-11-6-12-19-29)32(27(3)4)24-42-33(45)21-13-7-10-17-28-15-8-5-9-16-28/h5-6,8-9,11-12,15-16,18-19,26-27,30-32H,7,10,13-14,17,20-25,38H2,1-4H3,(H,42,45)(H,43,46)(H4,39,40,41)/t30-,31-,32-/m1/s1. The number of carbonyl (C=O) groups excluding carboxylic acids is 4. The van der Waals surface area contributed by atoms with Crippen LogP contribution in [-0.4, -0.2) is 65.9 Å². The van der Waals surface area contributed by atoms with Crippen LogP contribution in [0.4, 0.5) is 4.79 Å². The Hall–Kier alpha value is -4.45. The number of hydrogen-bond acceptors (Lipinski definition) is 7. The van der Waals surface area contributed by atoms with Crippen LogP contribution in [0, 0.1) is 11.8 Å². The fraction of sp³-hybridized carbons (Fsp3) is 0.541. The number of aliphatic imine (C=N–C) groups is 1. The summed E-state index contributed by atoms with van der Waals surface area (Å²) in [6, 6.07) is 16.7. The highest BCUT2D eigenvalue weighted by Crippen LogP contribution is 2.19. The van der Waals surface area contributed by atoms with Crippen LogP contribution in [-0.2, 0) is 32.1 Å². The van der Waals surface area contributed by atoms with Crippen molar-refractivity contribution in [2.24, 2.45) is 34.0 Å². The molecule has 0 aromatic heterocycles. The van der Waals surface area contributed by atoms with Gasteiger partial charge in [0.1, 0.15) is 12.6 Å². The van der Waals surface area contributed by atoms with E-state index in [1.165, 1.54) is 5.56 Å². The first kappa shape index (κ1) is 40.7. The lowest BCUT2D eigenvalue weighted by atomic mass is 9.98. The molecule has 0 unspecified atom stereocenters. The first-order valence-electron chi connectivity index (χ1n) is 17.3. The molecule has 0 heterocycles. The molecule has 2 aromatic carbocycles. The van der Waals surface area contributed by atoms with Crippen LogP contribution < -0.4 is 27.8 Å². The summed E-state index contributed by atoms with van der Waals surface area (Å²) in [5.41, 5.74) is 18.9. The molecular formula is C37H57N7O5. The number of unbranched alkanes of at least 4 members (excludes halogenated alkanes) is 2. The lowest BCUT2D eigenvalue weighted by Crippen LogP contribution is -2.59. The molecule has 0 fully saturated rings. The van der Waals surface area contributed by atoms with Gasteiger partial charge < -0.3 is 32.6 Å². The number of nitrogens with two attached hydrogens (primary N) is 3. The summed E-state index contributed by atoms with van der Waals surface area (Å²) in [6.07, 6.45) is 4.05. The SMILES string of the molecule is CC(C)C[C@@H](NC(=O)[C@H](N)CCCN=C(N)N)C(=O)N(C(=O)OCc1ccccc1)[C@H](CNC(=O)CCCCCc1ccccc1)C(C)C. The van der Waals surface area contributed by atoms with E-state index < -0.39 is 36.0 Å². The fourth-order valence-corrected chi connectivity index (χ4v) is 5.34. The molecule has 4 amide bonds. The van der Waals surface area contributed by atoms with E-state index in [0.717, 1.165) is 36.1 Å². The Labute approximate surface area is 291 Å². The topological polar surface area (TPSA) is 195 Å². The van der Waals surface area contributed by atoms with Crippen LogP contribution in [0.25, 0.3) is 0 Å². The highest BCUT2D eigenvalue weighted by molar-refractivity contribution is 5.98. The second kappa shape index (κ2) is 22.2. The zero-order chi connectivity index (χ0) is 36.2. The van der Waals surface area contributed by atoms with Gasteiger partial charge in [0.05, 0.1) is 12.1 Å². The molecule has 0 bridgehead atoms. The summed E-state index contributed by atoms with van der Waals surface area (Å²) in [6.45, 7) is 7.87. The van der Waals surface area contributed by atoms with Crippen molar-refractivity contribution in [1.29, 1.82) is 0 Å². The summed E-state index contributed by atoms with van der Waals surface area (Å²) >= 11 is 0. The average Bonchev–Trinajstić information content (AvgIpc) is 3.07. The summed E-state index contributed by atoms with van der Waals surface area (Å²) in [5.74, 6) is -1.60. The van der Waals surface area contributed by atoms with Crippen LogP contribution in [0.15, 0.2) is 65.7 Å². The van der Waals surface area contributed by atoms with Gasteiger partial charge in [-0.1, -0.05) is 94.8 Å². The largest absolute Gasteiger partial charge is 0.444 e. The predicted molar refractivity (Wildman–Crippen MR) is 193 cm³/mol. The molecule has 8 N–H and O–H groups in total. The van der Waals surface area contributed by atoms with Gasteiger partial charge in [-0.3, -0.25) is 19.4 Å². The van der Waals surface area contributed by atoms with Gasteiger partial charge in [-0.05, 0) is 61.5 Å². The van der Waals surface area contributed by atoms with Crippen molar-refractivity contribution in [1.82, 2.24) is 15.5 Å². The third-order valence-electron chi connectivity index (χ3n) is 8.09.